The Morgan fingerprint density at radius 3 is 1.74 bits per heavy atom. The lowest BCUT2D eigenvalue weighted by Gasteiger charge is -2.08. The van der Waals surface area contributed by atoms with Crippen LogP contribution >= 0.6 is 0 Å². The second-order valence-electron chi connectivity index (χ2n) is 8.04. The van der Waals surface area contributed by atoms with Gasteiger partial charge in [-0.25, -0.2) is 0 Å². The van der Waals surface area contributed by atoms with E-state index in [-0.39, 0.29) is 29.5 Å². The molecule has 2 aromatic rings. The Morgan fingerprint density at radius 1 is 0.800 bits per heavy atom. The Balaban J connectivity index is 1.87. The van der Waals surface area contributed by atoms with Crippen LogP contribution in [0.1, 0.15) is 30.4 Å². The van der Waals surface area contributed by atoms with E-state index >= 15 is 0 Å². The summed E-state index contributed by atoms with van der Waals surface area (Å²) in [6.45, 7) is 0. The molecule has 0 radical (unpaired) electrons. The number of carbonyl (C=O) groups is 2. The zero-order valence-corrected chi connectivity index (χ0v) is 20.4. The maximum Gasteiger partial charge on any atom is 0.185 e. The average molecular weight is 479 g/mol. The number of ether oxygens (including phenoxy) is 4. The van der Waals surface area contributed by atoms with Crippen molar-refractivity contribution in [2.24, 2.45) is 5.92 Å². The fourth-order valence-corrected chi connectivity index (χ4v) is 3.49. The van der Waals surface area contributed by atoms with Gasteiger partial charge in [-0.2, -0.15) is 0 Å². The highest BCUT2D eigenvalue weighted by atomic mass is 16.5. The fourth-order valence-electron chi connectivity index (χ4n) is 3.49. The van der Waals surface area contributed by atoms with Gasteiger partial charge in [0.25, 0.3) is 0 Å². The van der Waals surface area contributed by atoms with Gasteiger partial charge in [-0.3, -0.25) is 9.59 Å². The van der Waals surface area contributed by atoms with Crippen LogP contribution in [0.15, 0.2) is 59.9 Å². The van der Waals surface area contributed by atoms with Gasteiger partial charge in [0.15, 0.2) is 28.8 Å². The van der Waals surface area contributed by atoms with Gasteiger partial charge < -0.3 is 24.1 Å². The maximum absolute atomic E-state index is 13.0. The molecule has 3 rings (SSSR count). The van der Waals surface area contributed by atoms with Crippen LogP contribution in [-0.4, -0.2) is 45.1 Å². The normalized spacial score (nSPS) is 14.1. The number of rotatable bonds is 12. The highest BCUT2D eigenvalue weighted by Crippen LogP contribution is 2.33. The molecule has 0 aromatic heterocycles. The molecular weight excluding hydrogens is 448 g/mol. The van der Waals surface area contributed by atoms with E-state index in [0.29, 0.717) is 28.6 Å². The van der Waals surface area contributed by atoms with E-state index in [4.69, 9.17) is 18.9 Å². The molecule has 0 atom stereocenters. The van der Waals surface area contributed by atoms with Crippen LogP contribution < -0.4 is 18.9 Å². The first-order valence-corrected chi connectivity index (χ1v) is 11.2. The predicted octanol–water partition coefficient (Wildman–Crippen LogP) is 5.20. The lowest BCUT2D eigenvalue weighted by Crippen LogP contribution is -2.10. The van der Waals surface area contributed by atoms with Crippen molar-refractivity contribution < 1.29 is 33.6 Å². The molecule has 0 unspecified atom stereocenters. The third-order valence-electron chi connectivity index (χ3n) is 5.67. The number of methoxy groups -OCH3 is 4. The number of ketones is 2. The van der Waals surface area contributed by atoms with Crippen molar-refractivity contribution in [1.82, 2.24) is 0 Å². The minimum atomic E-state index is -0.441. The summed E-state index contributed by atoms with van der Waals surface area (Å²) >= 11 is 0. The third-order valence-corrected chi connectivity index (χ3v) is 5.67. The number of aliphatic hydroxyl groups is 1. The van der Waals surface area contributed by atoms with Crippen molar-refractivity contribution in [1.29, 1.82) is 0 Å². The Kier molecular flexibility index (Phi) is 8.73. The lowest BCUT2D eigenvalue weighted by atomic mass is 9.99. The Morgan fingerprint density at radius 2 is 1.29 bits per heavy atom. The molecule has 0 spiro atoms. The smallest absolute Gasteiger partial charge is 0.185 e. The molecule has 184 valence electrons. The van der Waals surface area contributed by atoms with Gasteiger partial charge >= 0.3 is 0 Å². The van der Waals surface area contributed by atoms with E-state index in [9.17, 15) is 14.7 Å². The van der Waals surface area contributed by atoms with Crippen LogP contribution in [0.3, 0.4) is 0 Å². The zero-order chi connectivity index (χ0) is 25.4. The molecule has 1 fully saturated rings. The van der Waals surface area contributed by atoms with Gasteiger partial charge in [0, 0.05) is 17.9 Å². The Hall–Kier alpha value is -4.00. The summed E-state index contributed by atoms with van der Waals surface area (Å²) in [5.74, 6) is 1.45. The van der Waals surface area contributed by atoms with Crippen LogP contribution in [0.2, 0.25) is 0 Å². The minimum Gasteiger partial charge on any atom is -0.508 e. The average Bonchev–Trinajstić information content (AvgIpc) is 3.74. The largest absolute Gasteiger partial charge is 0.508 e. The summed E-state index contributed by atoms with van der Waals surface area (Å²) in [4.78, 5) is 25.5. The van der Waals surface area contributed by atoms with Gasteiger partial charge in [0.1, 0.15) is 11.5 Å². The van der Waals surface area contributed by atoms with Crippen molar-refractivity contribution in [3.05, 3.63) is 71.0 Å². The van der Waals surface area contributed by atoms with Crippen LogP contribution in [0.25, 0.3) is 12.2 Å². The Bertz CT molecular complexity index is 1170. The van der Waals surface area contributed by atoms with E-state index in [1.54, 1.807) is 62.8 Å². The zero-order valence-electron chi connectivity index (χ0n) is 20.4. The quantitative estimate of drug-likeness (QED) is 0.255. The molecular formula is C28H30O7. The Labute approximate surface area is 205 Å². The minimum absolute atomic E-state index is 0.0322. The van der Waals surface area contributed by atoms with Gasteiger partial charge in [0.2, 0.25) is 0 Å². The summed E-state index contributed by atoms with van der Waals surface area (Å²) in [5.41, 5.74) is 1.50. The molecule has 0 aliphatic heterocycles. The van der Waals surface area contributed by atoms with Crippen molar-refractivity contribution >= 4 is 23.7 Å². The monoisotopic (exact) mass is 478 g/mol. The van der Waals surface area contributed by atoms with Gasteiger partial charge in [-0.1, -0.05) is 24.3 Å². The molecule has 7 heteroatoms. The number of benzene rings is 2. The molecule has 0 saturated heterocycles. The molecule has 7 nitrogen and oxygen atoms in total. The molecule has 1 N–H and O–H groups in total. The van der Waals surface area contributed by atoms with Crippen LogP contribution in [-0.2, 0) is 9.59 Å². The highest BCUT2D eigenvalue weighted by Gasteiger charge is 2.31. The number of allylic oxidation sites excluding steroid dienone is 3. The van der Waals surface area contributed by atoms with Crippen molar-refractivity contribution in [3.8, 4) is 23.0 Å². The van der Waals surface area contributed by atoms with Crippen molar-refractivity contribution in [2.45, 2.75) is 19.3 Å². The summed E-state index contributed by atoms with van der Waals surface area (Å²) < 4.78 is 21.1. The molecule has 1 saturated carbocycles. The van der Waals surface area contributed by atoms with E-state index < -0.39 is 5.78 Å². The second-order valence-corrected chi connectivity index (χ2v) is 8.04. The predicted molar refractivity (Wildman–Crippen MR) is 134 cm³/mol. The third kappa shape index (κ3) is 6.76. The molecule has 0 heterocycles. The van der Waals surface area contributed by atoms with E-state index in [0.717, 1.165) is 18.4 Å². The standard InChI is InChI=1S/C28H30O7/c1-32-25-13-7-18(15-27(25)34-3)5-11-22(29)21(17-24(31)20-9-10-20)23(30)12-6-19-8-14-26(33-2)28(16-19)35-4/h5-8,11-16,20,29H,9-10,17H2,1-4H3/b11-5+,12-6+,22-21-. The first-order chi connectivity index (χ1) is 16.9. The first kappa shape index (κ1) is 25.6. The van der Waals surface area contributed by atoms with Gasteiger partial charge in [-0.05, 0) is 60.4 Å². The molecule has 1 aliphatic carbocycles. The maximum atomic E-state index is 13.0. The number of aliphatic hydroxyl groups excluding tert-OH is 1. The van der Waals surface area contributed by atoms with E-state index in [2.05, 4.69) is 0 Å². The SMILES string of the molecule is COc1ccc(/C=C/C(=O)/C(CC(=O)C2CC2)=C(O)/C=C/c2ccc(OC)c(OC)c2)cc1OC. The number of Topliss-reactive ketones (excluding diaryl/α,β-unsaturated/α-hetero) is 1. The number of carbonyl (C=O) groups excluding carboxylic acids is 2. The lowest BCUT2D eigenvalue weighted by molar-refractivity contribution is -0.121. The summed E-state index contributed by atoms with van der Waals surface area (Å²) in [5, 5.41) is 10.8. The van der Waals surface area contributed by atoms with E-state index in [1.165, 1.54) is 26.4 Å². The molecule has 35 heavy (non-hydrogen) atoms. The first-order valence-electron chi connectivity index (χ1n) is 11.2. The fraction of sp³-hybridized carbons (Fsp3) is 0.286. The van der Waals surface area contributed by atoms with Crippen molar-refractivity contribution in [2.75, 3.05) is 28.4 Å². The molecule has 2 aromatic carbocycles. The van der Waals surface area contributed by atoms with Crippen LogP contribution in [0.4, 0.5) is 0 Å². The van der Waals surface area contributed by atoms with Crippen LogP contribution in [0.5, 0.6) is 23.0 Å². The summed E-state index contributed by atoms with van der Waals surface area (Å²) in [6, 6.07) is 10.5. The van der Waals surface area contributed by atoms with Gasteiger partial charge in [0.05, 0.1) is 28.4 Å². The number of hydrogen-bond acceptors (Lipinski definition) is 7. The summed E-state index contributed by atoms with van der Waals surface area (Å²) in [7, 11) is 6.16. The number of hydrogen-bond donors (Lipinski definition) is 1. The second kappa shape index (κ2) is 11.9. The summed E-state index contributed by atoms with van der Waals surface area (Å²) in [6.07, 6.45) is 7.54. The van der Waals surface area contributed by atoms with Crippen LogP contribution in [0, 0.1) is 5.92 Å². The molecule has 0 bridgehead atoms. The molecule has 0 amide bonds. The van der Waals surface area contributed by atoms with Crippen molar-refractivity contribution in [3.63, 3.8) is 0 Å². The van der Waals surface area contributed by atoms with E-state index in [1.807, 2.05) is 0 Å². The highest BCUT2D eigenvalue weighted by molar-refractivity contribution is 6.10. The molecule has 1 aliphatic rings. The van der Waals surface area contributed by atoms with Gasteiger partial charge in [-0.15, -0.1) is 0 Å². The topological polar surface area (TPSA) is 91.3 Å².